The zero-order valence-corrected chi connectivity index (χ0v) is 15.6. The summed E-state index contributed by atoms with van der Waals surface area (Å²) in [5.41, 5.74) is 0.751. The van der Waals surface area contributed by atoms with Gasteiger partial charge >= 0.3 is 0 Å². The summed E-state index contributed by atoms with van der Waals surface area (Å²) in [5, 5.41) is 13.1. The summed E-state index contributed by atoms with van der Waals surface area (Å²) in [5.74, 6) is 1.14. The molecule has 1 amide bonds. The minimum atomic E-state index is -0.384. The van der Waals surface area contributed by atoms with Crippen molar-refractivity contribution < 1.29 is 14.3 Å². The maximum absolute atomic E-state index is 12.0. The molecule has 2 N–H and O–H groups in total. The quantitative estimate of drug-likeness (QED) is 0.746. The fourth-order valence-electron chi connectivity index (χ4n) is 2.69. The van der Waals surface area contributed by atoms with Gasteiger partial charge in [-0.2, -0.15) is 0 Å². The van der Waals surface area contributed by atoms with Crippen LogP contribution >= 0.6 is 11.6 Å². The molecule has 5 nitrogen and oxygen atoms in total. The number of nitrogens with zero attached hydrogens (tertiary/aromatic N) is 1. The van der Waals surface area contributed by atoms with E-state index in [1.165, 1.54) is 0 Å². The number of carbonyl (C=O) groups is 1. The molecule has 1 heterocycles. The number of hydrogen-bond donors (Lipinski definition) is 2. The second kappa shape index (κ2) is 8.50. The van der Waals surface area contributed by atoms with Gasteiger partial charge in [0, 0.05) is 30.0 Å². The summed E-state index contributed by atoms with van der Waals surface area (Å²) in [6.07, 6.45) is 2.66. The standard InChI is InChI=1S/C19H25ClN2O3/c1-13(23)10-19(2,3)12-22-17(24)8-9-18-21-11-16(25-18)14-4-6-15(20)7-5-14/h4-7,11,13,23H,8-10,12H2,1-3H3,(H,22,24)/t13-/m0/s1. The first-order valence-electron chi connectivity index (χ1n) is 8.40. The van der Waals surface area contributed by atoms with Gasteiger partial charge in [-0.25, -0.2) is 4.98 Å². The Balaban J connectivity index is 1.81. The molecule has 6 heteroatoms. The molecule has 0 saturated heterocycles. The molecule has 0 aliphatic heterocycles. The lowest BCUT2D eigenvalue weighted by Gasteiger charge is -2.26. The van der Waals surface area contributed by atoms with Gasteiger partial charge in [-0.05, 0) is 43.0 Å². The van der Waals surface area contributed by atoms with Crippen molar-refractivity contribution in [3.8, 4) is 11.3 Å². The number of carbonyl (C=O) groups excluding carboxylic acids is 1. The lowest BCUT2D eigenvalue weighted by molar-refractivity contribution is -0.121. The second-order valence-electron chi connectivity index (χ2n) is 7.12. The summed E-state index contributed by atoms with van der Waals surface area (Å²) in [6.45, 7) is 6.32. The Morgan fingerprint density at radius 1 is 1.36 bits per heavy atom. The van der Waals surface area contributed by atoms with E-state index in [1.807, 2.05) is 26.0 Å². The van der Waals surface area contributed by atoms with E-state index < -0.39 is 0 Å². The lowest BCUT2D eigenvalue weighted by Crippen LogP contribution is -2.35. The molecule has 2 aromatic rings. The van der Waals surface area contributed by atoms with Crippen LogP contribution in [0.15, 0.2) is 34.9 Å². The maximum Gasteiger partial charge on any atom is 0.220 e. The fourth-order valence-corrected chi connectivity index (χ4v) is 2.82. The van der Waals surface area contributed by atoms with Crippen LogP contribution in [0, 0.1) is 5.41 Å². The molecule has 0 saturated carbocycles. The molecular formula is C19H25ClN2O3. The van der Waals surface area contributed by atoms with E-state index >= 15 is 0 Å². The van der Waals surface area contributed by atoms with Gasteiger partial charge in [-0.15, -0.1) is 0 Å². The molecule has 0 aliphatic rings. The number of aryl methyl sites for hydroxylation is 1. The zero-order chi connectivity index (χ0) is 18.4. The van der Waals surface area contributed by atoms with Crippen LogP contribution in [0.25, 0.3) is 11.3 Å². The third kappa shape index (κ3) is 6.52. The third-order valence-electron chi connectivity index (χ3n) is 3.86. The van der Waals surface area contributed by atoms with Crippen molar-refractivity contribution in [1.29, 1.82) is 0 Å². The van der Waals surface area contributed by atoms with E-state index in [9.17, 15) is 9.90 Å². The molecule has 1 aromatic carbocycles. The fraction of sp³-hybridized carbons (Fsp3) is 0.474. The van der Waals surface area contributed by atoms with E-state index in [1.54, 1.807) is 25.3 Å². The van der Waals surface area contributed by atoms with Crippen LogP contribution in [0.3, 0.4) is 0 Å². The highest BCUT2D eigenvalue weighted by Gasteiger charge is 2.21. The Hall–Kier alpha value is -1.85. The van der Waals surface area contributed by atoms with E-state index in [0.29, 0.717) is 42.5 Å². The Morgan fingerprint density at radius 3 is 2.68 bits per heavy atom. The van der Waals surface area contributed by atoms with Crippen molar-refractivity contribution in [3.05, 3.63) is 41.4 Å². The minimum absolute atomic E-state index is 0.0510. The normalized spacial score (nSPS) is 12.8. The smallest absolute Gasteiger partial charge is 0.220 e. The van der Waals surface area contributed by atoms with Gasteiger partial charge in [0.15, 0.2) is 11.7 Å². The number of amides is 1. The monoisotopic (exact) mass is 364 g/mol. The van der Waals surface area contributed by atoms with Gasteiger partial charge in [0.2, 0.25) is 5.91 Å². The number of hydrogen-bond acceptors (Lipinski definition) is 4. The van der Waals surface area contributed by atoms with Gasteiger partial charge in [-0.1, -0.05) is 25.4 Å². The van der Waals surface area contributed by atoms with Gasteiger partial charge in [0.05, 0.1) is 12.3 Å². The van der Waals surface area contributed by atoms with Gasteiger partial charge < -0.3 is 14.8 Å². The van der Waals surface area contributed by atoms with Crippen LogP contribution in [0.1, 0.15) is 39.5 Å². The predicted octanol–water partition coefficient (Wildman–Crippen LogP) is 3.84. The average Bonchev–Trinajstić information content (AvgIpc) is 2.99. The number of benzene rings is 1. The molecular weight excluding hydrogens is 340 g/mol. The highest BCUT2D eigenvalue weighted by molar-refractivity contribution is 6.30. The van der Waals surface area contributed by atoms with E-state index in [2.05, 4.69) is 10.3 Å². The molecule has 0 fully saturated rings. The number of nitrogens with one attached hydrogen (secondary N) is 1. The third-order valence-corrected chi connectivity index (χ3v) is 4.11. The first-order valence-corrected chi connectivity index (χ1v) is 8.78. The number of aromatic nitrogens is 1. The SMILES string of the molecule is C[C@H](O)CC(C)(C)CNC(=O)CCc1ncc(-c2ccc(Cl)cc2)o1. The van der Waals surface area contributed by atoms with Crippen molar-refractivity contribution in [1.82, 2.24) is 10.3 Å². The second-order valence-corrected chi connectivity index (χ2v) is 7.56. The summed E-state index contributed by atoms with van der Waals surface area (Å²) >= 11 is 5.87. The Morgan fingerprint density at radius 2 is 2.04 bits per heavy atom. The lowest BCUT2D eigenvalue weighted by atomic mass is 9.87. The highest BCUT2D eigenvalue weighted by atomic mass is 35.5. The van der Waals surface area contributed by atoms with Crippen LogP contribution in [0.4, 0.5) is 0 Å². The summed E-state index contributed by atoms with van der Waals surface area (Å²) in [7, 11) is 0. The molecule has 0 unspecified atom stereocenters. The van der Waals surface area contributed by atoms with Crippen molar-refractivity contribution in [2.24, 2.45) is 5.41 Å². The first-order chi connectivity index (χ1) is 11.7. The number of oxazole rings is 1. The molecule has 1 aromatic heterocycles. The number of aliphatic hydroxyl groups is 1. The van der Waals surface area contributed by atoms with Crippen LogP contribution in [-0.4, -0.2) is 28.6 Å². The molecule has 0 radical (unpaired) electrons. The maximum atomic E-state index is 12.0. The van der Waals surface area contributed by atoms with Crippen molar-refractivity contribution >= 4 is 17.5 Å². The molecule has 2 rings (SSSR count). The van der Waals surface area contributed by atoms with Gasteiger partial charge in [0.25, 0.3) is 0 Å². The van der Waals surface area contributed by atoms with E-state index in [4.69, 9.17) is 16.0 Å². The molecule has 1 atom stereocenters. The Labute approximate surface area is 153 Å². The number of rotatable bonds is 8. The largest absolute Gasteiger partial charge is 0.441 e. The minimum Gasteiger partial charge on any atom is -0.441 e. The number of halogens is 1. The van der Waals surface area contributed by atoms with Crippen molar-refractivity contribution in [2.45, 2.75) is 46.1 Å². The van der Waals surface area contributed by atoms with Gasteiger partial charge in [-0.3, -0.25) is 4.79 Å². The summed E-state index contributed by atoms with van der Waals surface area (Å²) in [6, 6.07) is 7.32. The average molecular weight is 365 g/mol. The Bertz CT molecular complexity index is 693. The Kier molecular flexibility index (Phi) is 6.62. The van der Waals surface area contributed by atoms with E-state index in [0.717, 1.165) is 5.56 Å². The molecule has 25 heavy (non-hydrogen) atoms. The number of aliphatic hydroxyl groups excluding tert-OH is 1. The molecule has 0 bridgehead atoms. The molecule has 0 spiro atoms. The predicted molar refractivity (Wildman–Crippen MR) is 98.4 cm³/mol. The molecule has 0 aliphatic carbocycles. The highest BCUT2D eigenvalue weighted by Crippen LogP contribution is 2.23. The van der Waals surface area contributed by atoms with Crippen molar-refractivity contribution in [2.75, 3.05) is 6.54 Å². The van der Waals surface area contributed by atoms with Crippen LogP contribution in [0.5, 0.6) is 0 Å². The summed E-state index contributed by atoms with van der Waals surface area (Å²) in [4.78, 5) is 16.2. The van der Waals surface area contributed by atoms with Crippen molar-refractivity contribution in [3.63, 3.8) is 0 Å². The van der Waals surface area contributed by atoms with Crippen LogP contribution in [-0.2, 0) is 11.2 Å². The first kappa shape index (κ1) is 19.5. The van der Waals surface area contributed by atoms with Gasteiger partial charge in [0.1, 0.15) is 0 Å². The van der Waals surface area contributed by atoms with Crippen LogP contribution < -0.4 is 5.32 Å². The summed E-state index contributed by atoms with van der Waals surface area (Å²) < 4.78 is 5.69. The van der Waals surface area contributed by atoms with E-state index in [-0.39, 0.29) is 17.4 Å². The van der Waals surface area contributed by atoms with Crippen LogP contribution in [0.2, 0.25) is 5.02 Å². The molecule has 136 valence electrons. The topological polar surface area (TPSA) is 75.4 Å². The zero-order valence-electron chi connectivity index (χ0n) is 14.9.